The van der Waals surface area contributed by atoms with Gasteiger partial charge in [0.2, 0.25) is 5.91 Å². The summed E-state index contributed by atoms with van der Waals surface area (Å²) in [6.07, 6.45) is 0.699. The molecule has 114 valence electrons. The molecule has 2 unspecified atom stereocenters. The number of rotatable bonds is 5. The van der Waals surface area contributed by atoms with Crippen molar-refractivity contribution >= 4 is 11.9 Å². The van der Waals surface area contributed by atoms with E-state index in [1.54, 1.807) is 4.90 Å². The van der Waals surface area contributed by atoms with Crippen molar-refractivity contribution in [1.82, 2.24) is 10.2 Å². The predicted molar refractivity (Wildman–Crippen MR) is 79.4 cm³/mol. The number of methoxy groups -OCH3 is 1. The van der Waals surface area contributed by atoms with Crippen LogP contribution in [-0.4, -0.2) is 36.0 Å². The van der Waals surface area contributed by atoms with Gasteiger partial charge < -0.3 is 9.64 Å². The number of esters is 1. The van der Waals surface area contributed by atoms with E-state index < -0.39 is 5.54 Å². The topological polar surface area (TPSA) is 58.6 Å². The quantitative estimate of drug-likeness (QED) is 0.841. The molecule has 1 aliphatic heterocycles. The van der Waals surface area contributed by atoms with Crippen molar-refractivity contribution in [3.05, 3.63) is 35.9 Å². The van der Waals surface area contributed by atoms with Gasteiger partial charge in [-0.1, -0.05) is 37.3 Å². The molecule has 5 nitrogen and oxygen atoms in total. The molecule has 1 N–H and O–H groups in total. The average Bonchev–Trinajstić information content (AvgIpc) is 2.78. The molecule has 0 saturated carbocycles. The van der Waals surface area contributed by atoms with Crippen LogP contribution in [0.4, 0.5) is 0 Å². The van der Waals surface area contributed by atoms with Crippen molar-refractivity contribution in [2.75, 3.05) is 13.7 Å². The summed E-state index contributed by atoms with van der Waals surface area (Å²) in [5.74, 6) is -0.275. The summed E-state index contributed by atoms with van der Waals surface area (Å²) >= 11 is 0. The fourth-order valence-corrected chi connectivity index (χ4v) is 2.57. The molecule has 0 radical (unpaired) electrons. The Balaban J connectivity index is 2.23. The Morgan fingerprint density at radius 1 is 1.38 bits per heavy atom. The molecule has 2 atom stereocenters. The fraction of sp³-hybridized carbons (Fsp3) is 0.500. The number of ether oxygens (including phenoxy) is 1. The number of carbonyl (C=O) groups is 2. The summed E-state index contributed by atoms with van der Waals surface area (Å²) in [6, 6.07) is 9.80. The second-order valence-corrected chi connectivity index (χ2v) is 5.47. The van der Waals surface area contributed by atoms with Crippen molar-refractivity contribution in [3.63, 3.8) is 0 Å². The lowest BCUT2D eigenvalue weighted by Crippen LogP contribution is -2.43. The van der Waals surface area contributed by atoms with Gasteiger partial charge in [-0.3, -0.25) is 14.9 Å². The first-order chi connectivity index (χ1) is 10.0. The van der Waals surface area contributed by atoms with Crippen molar-refractivity contribution < 1.29 is 14.3 Å². The molecule has 1 aliphatic rings. The number of hydrogen-bond acceptors (Lipinski definition) is 4. The number of benzene rings is 1. The van der Waals surface area contributed by atoms with Gasteiger partial charge in [-0.2, -0.15) is 0 Å². The second kappa shape index (κ2) is 6.26. The molecular weight excluding hydrogens is 268 g/mol. The van der Waals surface area contributed by atoms with E-state index in [1.165, 1.54) is 7.11 Å². The molecule has 1 fully saturated rings. The lowest BCUT2D eigenvalue weighted by molar-refractivity contribution is -0.142. The maximum atomic E-state index is 12.7. The van der Waals surface area contributed by atoms with Gasteiger partial charge in [-0.15, -0.1) is 0 Å². The molecule has 21 heavy (non-hydrogen) atoms. The van der Waals surface area contributed by atoms with Crippen molar-refractivity contribution in [3.8, 4) is 0 Å². The Hall–Kier alpha value is -1.88. The molecule has 1 aromatic carbocycles. The highest BCUT2D eigenvalue weighted by Gasteiger charge is 2.46. The first-order valence-corrected chi connectivity index (χ1v) is 7.22. The smallest absolute Gasteiger partial charge is 0.307 e. The Morgan fingerprint density at radius 2 is 2.05 bits per heavy atom. The lowest BCUT2D eigenvalue weighted by Gasteiger charge is -2.24. The highest BCUT2D eigenvalue weighted by atomic mass is 16.5. The number of nitrogens with one attached hydrogen (secondary N) is 1. The Labute approximate surface area is 125 Å². The van der Waals surface area contributed by atoms with E-state index in [-0.39, 0.29) is 24.5 Å². The standard InChI is InChI=1S/C16H22N2O3/c1-4-16(2)15(20)18(11-10-13(19)21-3)14(17-16)12-8-6-5-7-9-12/h5-9,14,17H,4,10-11H2,1-3H3. The Kier molecular flexibility index (Phi) is 4.63. The fourth-order valence-electron chi connectivity index (χ4n) is 2.57. The Bertz CT molecular complexity index is 518. The minimum Gasteiger partial charge on any atom is -0.469 e. The SMILES string of the molecule is CCC1(C)NC(c2ccccc2)N(CCC(=O)OC)C1=O. The molecule has 1 amide bonds. The zero-order valence-corrected chi connectivity index (χ0v) is 12.8. The molecule has 0 bridgehead atoms. The summed E-state index contributed by atoms with van der Waals surface area (Å²) in [7, 11) is 1.36. The molecule has 0 spiro atoms. The molecule has 0 aliphatic carbocycles. The van der Waals surface area contributed by atoms with Crippen LogP contribution in [0.25, 0.3) is 0 Å². The third kappa shape index (κ3) is 3.08. The third-order valence-corrected chi connectivity index (χ3v) is 4.11. The van der Waals surface area contributed by atoms with Gasteiger partial charge in [0.25, 0.3) is 0 Å². The normalized spacial score (nSPS) is 25.2. The van der Waals surface area contributed by atoms with Crippen LogP contribution in [0.2, 0.25) is 0 Å². The molecule has 5 heteroatoms. The van der Waals surface area contributed by atoms with Crippen LogP contribution in [0.15, 0.2) is 30.3 Å². The van der Waals surface area contributed by atoms with E-state index in [0.29, 0.717) is 13.0 Å². The molecule has 1 aromatic rings. The molecule has 1 heterocycles. The molecule has 1 saturated heterocycles. The van der Waals surface area contributed by atoms with Crippen LogP contribution in [-0.2, 0) is 14.3 Å². The first kappa shape index (κ1) is 15.5. The number of nitrogens with zero attached hydrogens (tertiary/aromatic N) is 1. The van der Waals surface area contributed by atoms with Gasteiger partial charge in [-0.05, 0) is 18.9 Å². The maximum absolute atomic E-state index is 12.7. The summed E-state index contributed by atoms with van der Waals surface area (Å²) in [5.41, 5.74) is 0.435. The molecule has 0 aromatic heterocycles. The highest BCUT2D eigenvalue weighted by Crippen LogP contribution is 2.32. The van der Waals surface area contributed by atoms with Gasteiger partial charge in [0.05, 0.1) is 19.1 Å². The highest BCUT2D eigenvalue weighted by molar-refractivity contribution is 5.89. The maximum Gasteiger partial charge on any atom is 0.307 e. The van der Waals surface area contributed by atoms with E-state index in [1.807, 2.05) is 44.2 Å². The van der Waals surface area contributed by atoms with Crippen molar-refractivity contribution in [1.29, 1.82) is 0 Å². The summed E-state index contributed by atoms with van der Waals surface area (Å²) in [6.45, 7) is 4.24. The van der Waals surface area contributed by atoms with E-state index >= 15 is 0 Å². The van der Waals surface area contributed by atoms with Crippen LogP contribution in [0, 0.1) is 0 Å². The van der Waals surface area contributed by atoms with Gasteiger partial charge in [0, 0.05) is 6.54 Å². The van der Waals surface area contributed by atoms with Crippen molar-refractivity contribution in [2.24, 2.45) is 0 Å². The summed E-state index contributed by atoms with van der Waals surface area (Å²) < 4.78 is 4.67. The van der Waals surface area contributed by atoms with Gasteiger partial charge in [0.15, 0.2) is 0 Å². The predicted octanol–water partition coefficient (Wildman–Crippen LogP) is 1.85. The van der Waals surface area contributed by atoms with Crippen molar-refractivity contribution in [2.45, 2.75) is 38.4 Å². The minimum absolute atomic E-state index is 0.0303. The van der Waals surface area contributed by atoms with Crippen LogP contribution in [0.5, 0.6) is 0 Å². The van der Waals surface area contributed by atoms with Crippen LogP contribution >= 0.6 is 0 Å². The third-order valence-electron chi connectivity index (χ3n) is 4.11. The Morgan fingerprint density at radius 3 is 2.62 bits per heavy atom. The number of carbonyl (C=O) groups excluding carboxylic acids is 2. The van der Waals surface area contributed by atoms with Gasteiger partial charge >= 0.3 is 5.97 Å². The van der Waals surface area contributed by atoms with Gasteiger partial charge in [-0.25, -0.2) is 0 Å². The summed E-state index contributed by atoms with van der Waals surface area (Å²) in [5, 5.41) is 3.40. The first-order valence-electron chi connectivity index (χ1n) is 7.22. The zero-order valence-electron chi connectivity index (χ0n) is 12.8. The second-order valence-electron chi connectivity index (χ2n) is 5.47. The molecule has 2 rings (SSSR count). The van der Waals surface area contributed by atoms with Gasteiger partial charge in [0.1, 0.15) is 6.17 Å². The summed E-state index contributed by atoms with van der Waals surface area (Å²) in [4.78, 5) is 25.8. The van der Waals surface area contributed by atoms with Crippen LogP contribution in [0.3, 0.4) is 0 Å². The monoisotopic (exact) mass is 290 g/mol. The average molecular weight is 290 g/mol. The van der Waals surface area contributed by atoms with E-state index in [4.69, 9.17) is 0 Å². The minimum atomic E-state index is -0.587. The van der Waals surface area contributed by atoms with E-state index in [0.717, 1.165) is 5.56 Å². The molecular formula is C16H22N2O3. The van der Waals surface area contributed by atoms with E-state index in [9.17, 15) is 9.59 Å². The zero-order chi connectivity index (χ0) is 15.5. The van der Waals surface area contributed by atoms with E-state index in [2.05, 4.69) is 10.1 Å². The van der Waals surface area contributed by atoms with Crippen LogP contribution in [0.1, 0.15) is 38.4 Å². The lowest BCUT2D eigenvalue weighted by atomic mass is 9.99. The largest absolute Gasteiger partial charge is 0.469 e. The number of amides is 1. The number of hydrogen-bond donors (Lipinski definition) is 1. The van der Waals surface area contributed by atoms with Crippen LogP contribution < -0.4 is 5.32 Å².